The van der Waals surface area contributed by atoms with Crippen LogP contribution in [0.4, 0.5) is 17.1 Å². The minimum Gasteiger partial charge on any atom is -0.308 e. The molecule has 6 bridgehead atoms. The number of fused-ring (bicyclic) bond motifs is 6. The molecular formula is C84H87N3O3S9. The Labute approximate surface area is 622 Å². The lowest BCUT2D eigenvalue weighted by Gasteiger charge is -2.27. The van der Waals surface area contributed by atoms with Gasteiger partial charge in [-0.05, 0) is 198 Å². The number of hydrogen-bond donors (Lipinski definition) is 0. The van der Waals surface area contributed by atoms with E-state index in [1.54, 1.807) is 102 Å². The van der Waals surface area contributed by atoms with E-state index in [0.29, 0.717) is 53.4 Å². The number of carbonyl (C=O) groups excluding carboxylic acids is 3. The predicted octanol–water partition coefficient (Wildman–Crippen LogP) is 28.7. The topological polar surface area (TPSA) is 60.9 Å². The highest BCUT2D eigenvalue weighted by Crippen LogP contribution is 2.47. The molecule has 3 amide bonds. The Morgan fingerprint density at radius 1 is 0.232 bits per heavy atom. The summed E-state index contributed by atoms with van der Waals surface area (Å²) in [4.78, 5) is 73.2. The molecule has 0 saturated heterocycles. The lowest BCUT2D eigenvalue weighted by atomic mass is 10.0. The molecule has 0 atom stereocenters. The van der Waals surface area contributed by atoms with E-state index in [9.17, 15) is 0 Å². The molecule has 0 radical (unpaired) electrons. The van der Waals surface area contributed by atoms with Gasteiger partial charge in [0.1, 0.15) is 0 Å². The lowest BCUT2D eigenvalue weighted by molar-refractivity contribution is 0.0975. The number of carbonyl (C=O) groups is 3. The van der Waals surface area contributed by atoms with Gasteiger partial charge in [-0.25, -0.2) is 0 Å². The van der Waals surface area contributed by atoms with Crippen molar-refractivity contribution in [3.63, 3.8) is 0 Å². The normalized spacial score (nSPS) is 12.8. The second-order valence-electron chi connectivity index (χ2n) is 26.0. The Balaban J connectivity index is 0.987. The van der Waals surface area contributed by atoms with Crippen LogP contribution >= 0.6 is 102 Å². The zero-order chi connectivity index (χ0) is 67.9. The van der Waals surface area contributed by atoms with Crippen LogP contribution in [0.5, 0.6) is 0 Å². The SMILES string of the molecule is CCCCCCCCCN1C(=O)c2cc(-c3ccc(-c4ccc(-c5cccs5)s4)s3)cc(c2)N(CCCCCCCCC)C(=O)c2cc(-c3ccc(-c4ccc(-c5cccs5)s4)s3)cc(c2)N(CCCCCCCCC)C(=O)c2cc(-c3ccc(-c4ccc(-c5cccs5)s4)s3)cc1c2. The molecule has 3 aromatic carbocycles. The smallest absolute Gasteiger partial charge is 0.258 e. The van der Waals surface area contributed by atoms with E-state index in [4.69, 9.17) is 0 Å². The van der Waals surface area contributed by atoms with Crippen LogP contribution in [0, 0.1) is 0 Å². The van der Waals surface area contributed by atoms with Gasteiger partial charge in [0.05, 0.1) is 0 Å². The molecule has 12 aromatic rings. The number of thiophene rings is 9. The molecule has 99 heavy (non-hydrogen) atoms. The first-order valence-corrected chi connectivity index (χ1v) is 43.4. The number of nitrogens with zero attached hydrogens (tertiary/aromatic N) is 3. The summed E-state index contributed by atoms with van der Waals surface area (Å²) in [6.07, 6.45) is 22.8. The summed E-state index contributed by atoms with van der Waals surface area (Å²) < 4.78 is 0. The second kappa shape index (κ2) is 34.8. The van der Waals surface area contributed by atoms with Gasteiger partial charge in [-0.1, -0.05) is 155 Å². The standard InChI is InChI=1S/C84H87N3O3S9/c1-4-7-10-13-16-19-22-43-85-64-52-58(67-31-34-76(94-67)79-40-37-73(97-79)70-28-25-46-91-70)50-62(55-64)83(89)87(45-24-21-18-15-12-9-6-3)66-54-60(69-33-36-78(96-69)81-42-39-75(99-81)72-30-27-48-93-72)51-63(57-66)84(90)86(44-23-20-17-14-11-8-5-2)65-53-59(49-61(56-65)82(85)88)68-32-35-77(95-68)80-41-38-74(98-80)71-29-26-47-92-71/h25-42,46-57H,4-24,43-45H2,1-3H3. The van der Waals surface area contributed by atoms with E-state index >= 15 is 14.4 Å². The van der Waals surface area contributed by atoms with Crippen molar-refractivity contribution in [3.8, 4) is 89.8 Å². The number of anilines is 3. The number of hydrogen-bond acceptors (Lipinski definition) is 12. The molecule has 0 fully saturated rings. The molecule has 0 unspecified atom stereocenters. The molecular weight excluding hydrogens is 1390 g/mol. The Morgan fingerprint density at radius 3 is 0.687 bits per heavy atom. The largest absolute Gasteiger partial charge is 0.308 e. The molecule has 0 aliphatic carbocycles. The molecule has 1 aliphatic rings. The third-order valence-corrected chi connectivity index (χ3v) is 29.1. The van der Waals surface area contributed by atoms with Gasteiger partial charge < -0.3 is 14.7 Å². The number of rotatable bonds is 33. The third-order valence-electron chi connectivity index (χ3n) is 18.6. The summed E-state index contributed by atoms with van der Waals surface area (Å²) in [5.41, 5.74) is 6.29. The van der Waals surface area contributed by atoms with Gasteiger partial charge in [-0.15, -0.1) is 102 Å². The molecule has 1 aliphatic heterocycles. The van der Waals surface area contributed by atoms with Crippen molar-refractivity contribution in [2.45, 2.75) is 156 Å². The van der Waals surface area contributed by atoms with Crippen LogP contribution in [0.2, 0.25) is 0 Å². The van der Waals surface area contributed by atoms with E-state index in [2.05, 4.69) is 183 Å². The highest BCUT2D eigenvalue weighted by atomic mass is 32.1. The van der Waals surface area contributed by atoms with E-state index in [0.717, 1.165) is 123 Å². The fourth-order valence-electron chi connectivity index (χ4n) is 13.2. The summed E-state index contributed by atoms with van der Waals surface area (Å²) in [6, 6.07) is 58.2. The predicted molar refractivity (Wildman–Crippen MR) is 438 cm³/mol. The molecule has 13 rings (SSSR count). The van der Waals surface area contributed by atoms with E-state index in [1.807, 2.05) is 32.9 Å². The van der Waals surface area contributed by atoms with E-state index < -0.39 is 0 Å². The van der Waals surface area contributed by atoms with Crippen LogP contribution in [-0.4, -0.2) is 37.4 Å². The fraction of sp³-hybridized carbons (Fsp3) is 0.321. The van der Waals surface area contributed by atoms with Gasteiger partial charge in [0, 0.05) is 127 Å². The summed E-state index contributed by atoms with van der Waals surface area (Å²) in [6.45, 7) is 8.16. The molecule has 510 valence electrons. The van der Waals surface area contributed by atoms with Crippen molar-refractivity contribution in [3.05, 3.63) is 197 Å². The van der Waals surface area contributed by atoms with Crippen LogP contribution in [-0.2, 0) is 0 Å². The van der Waals surface area contributed by atoms with Crippen LogP contribution in [0.3, 0.4) is 0 Å². The minimum atomic E-state index is -0.149. The van der Waals surface area contributed by atoms with Crippen molar-refractivity contribution < 1.29 is 14.4 Å². The van der Waals surface area contributed by atoms with E-state index in [-0.39, 0.29) is 17.7 Å². The second-order valence-corrected chi connectivity index (χ2v) is 35.3. The maximum atomic E-state index is 16.6. The minimum absolute atomic E-state index is 0.149. The van der Waals surface area contributed by atoms with Crippen molar-refractivity contribution in [1.82, 2.24) is 0 Å². The Hall–Kier alpha value is -6.63. The number of amides is 3. The van der Waals surface area contributed by atoms with Crippen molar-refractivity contribution >= 4 is 137 Å². The zero-order valence-corrected chi connectivity index (χ0v) is 64.4. The van der Waals surface area contributed by atoms with Crippen LogP contribution in [0.25, 0.3) is 89.8 Å². The van der Waals surface area contributed by atoms with Crippen molar-refractivity contribution in [1.29, 1.82) is 0 Å². The van der Waals surface area contributed by atoms with Gasteiger partial charge in [-0.2, -0.15) is 0 Å². The first-order valence-electron chi connectivity index (χ1n) is 35.8. The Kier molecular flexibility index (Phi) is 24.9. The van der Waals surface area contributed by atoms with Crippen LogP contribution in [0.15, 0.2) is 180 Å². The molecule has 15 heteroatoms. The molecule has 6 nitrogen and oxygen atoms in total. The Morgan fingerprint density at radius 2 is 0.444 bits per heavy atom. The Bertz CT molecular complexity index is 4110. The van der Waals surface area contributed by atoms with Gasteiger partial charge in [-0.3, -0.25) is 14.4 Å². The monoisotopic (exact) mass is 1470 g/mol. The zero-order valence-electron chi connectivity index (χ0n) is 57.0. The molecule has 0 spiro atoms. The average Bonchev–Trinajstić information content (AvgIpc) is 1.77. The van der Waals surface area contributed by atoms with Crippen LogP contribution < -0.4 is 14.7 Å². The molecule has 9 aromatic heterocycles. The molecule has 0 saturated carbocycles. The maximum absolute atomic E-state index is 16.6. The molecule has 0 N–H and O–H groups in total. The summed E-state index contributed by atoms with van der Waals surface area (Å²) in [5, 5.41) is 6.39. The highest BCUT2D eigenvalue weighted by Gasteiger charge is 2.30. The highest BCUT2D eigenvalue weighted by molar-refractivity contribution is 7.28. The van der Waals surface area contributed by atoms with Gasteiger partial charge in [0.15, 0.2) is 0 Å². The van der Waals surface area contributed by atoms with Gasteiger partial charge >= 0.3 is 0 Å². The quantitative estimate of drug-likeness (QED) is 0.0385. The van der Waals surface area contributed by atoms with Gasteiger partial charge in [0.25, 0.3) is 17.7 Å². The third kappa shape index (κ3) is 17.6. The van der Waals surface area contributed by atoms with Crippen molar-refractivity contribution in [2.75, 3.05) is 34.3 Å². The average molecular weight is 1480 g/mol. The number of benzene rings is 3. The first-order chi connectivity index (χ1) is 48.7. The molecule has 10 heterocycles. The van der Waals surface area contributed by atoms with E-state index in [1.165, 1.54) is 102 Å². The lowest BCUT2D eigenvalue weighted by Crippen LogP contribution is -2.34. The van der Waals surface area contributed by atoms with Crippen LogP contribution in [0.1, 0.15) is 187 Å². The number of unbranched alkanes of at least 4 members (excludes halogenated alkanes) is 18. The maximum Gasteiger partial charge on any atom is 0.258 e. The summed E-state index contributed by atoms with van der Waals surface area (Å²) in [5.74, 6) is -0.446. The first kappa shape index (κ1) is 70.8. The summed E-state index contributed by atoms with van der Waals surface area (Å²) >= 11 is 15.9. The van der Waals surface area contributed by atoms with Crippen molar-refractivity contribution in [2.24, 2.45) is 0 Å². The summed E-state index contributed by atoms with van der Waals surface area (Å²) in [7, 11) is 0. The van der Waals surface area contributed by atoms with Gasteiger partial charge in [0.2, 0.25) is 0 Å². The fourth-order valence-corrected chi connectivity index (χ4v) is 22.0.